The summed E-state index contributed by atoms with van der Waals surface area (Å²) in [5.74, 6) is -0.168. The van der Waals surface area contributed by atoms with Crippen LogP contribution in [0.2, 0.25) is 0 Å². The molecule has 1 nitrogen and oxygen atoms in total. The fourth-order valence-electron chi connectivity index (χ4n) is 1.52. The first kappa shape index (κ1) is 7.35. The standard InChI is InChI=1S/C10H10FN/c1-6-3-9(11)5-8-4-7(2)12-10(6)8/h3-5,12H,1-2H3. The van der Waals surface area contributed by atoms with Gasteiger partial charge in [0.2, 0.25) is 0 Å². The van der Waals surface area contributed by atoms with Crippen molar-refractivity contribution >= 4 is 10.9 Å². The van der Waals surface area contributed by atoms with Gasteiger partial charge >= 0.3 is 0 Å². The van der Waals surface area contributed by atoms with Crippen LogP contribution < -0.4 is 0 Å². The van der Waals surface area contributed by atoms with Crippen LogP contribution in [-0.2, 0) is 0 Å². The lowest BCUT2D eigenvalue weighted by atomic mass is 10.1. The van der Waals surface area contributed by atoms with E-state index in [9.17, 15) is 4.39 Å². The average Bonchev–Trinajstić information content (AvgIpc) is 2.29. The largest absolute Gasteiger partial charge is 0.358 e. The molecule has 0 aliphatic heterocycles. The molecule has 0 atom stereocenters. The second-order valence-electron chi connectivity index (χ2n) is 3.14. The van der Waals surface area contributed by atoms with Crippen LogP contribution in [0.25, 0.3) is 10.9 Å². The van der Waals surface area contributed by atoms with Gasteiger partial charge in [0, 0.05) is 16.6 Å². The Morgan fingerprint density at radius 1 is 1.17 bits per heavy atom. The maximum absolute atomic E-state index is 12.9. The molecule has 12 heavy (non-hydrogen) atoms. The van der Waals surface area contributed by atoms with E-state index in [1.165, 1.54) is 6.07 Å². The predicted octanol–water partition coefficient (Wildman–Crippen LogP) is 2.92. The quantitative estimate of drug-likeness (QED) is 0.614. The predicted molar refractivity (Wildman–Crippen MR) is 47.7 cm³/mol. The molecule has 0 bridgehead atoms. The van der Waals surface area contributed by atoms with E-state index in [4.69, 9.17) is 0 Å². The van der Waals surface area contributed by atoms with Crippen molar-refractivity contribution < 1.29 is 4.39 Å². The van der Waals surface area contributed by atoms with Crippen LogP contribution in [0, 0.1) is 19.7 Å². The van der Waals surface area contributed by atoms with Crippen LogP contribution in [0.4, 0.5) is 4.39 Å². The molecule has 0 radical (unpaired) electrons. The lowest BCUT2D eigenvalue weighted by Gasteiger charge is -1.95. The second kappa shape index (κ2) is 2.34. The van der Waals surface area contributed by atoms with Crippen LogP contribution in [0.3, 0.4) is 0 Å². The molecule has 1 aromatic heterocycles. The molecule has 2 aromatic rings. The molecule has 0 unspecified atom stereocenters. The van der Waals surface area contributed by atoms with Crippen LogP contribution in [0.5, 0.6) is 0 Å². The number of aryl methyl sites for hydroxylation is 2. The Balaban J connectivity index is 2.88. The molecule has 2 heteroatoms. The Labute approximate surface area is 70.2 Å². The first-order valence-corrected chi connectivity index (χ1v) is 3.92. The van der Waals surface area contributed by atoms with Crippen molar-refractivity contribution in [3.05, 3.63) is 35.3 Å². The minimum Gasteiger partial charge on any atom is -0.358 e. The zero-order chi connectivity index (χ0) is 8.72. The highest BCUT2D eigenvalue weighted by molar-refractivity contribution is 5.83. The van der Waals surface area contributed by atoms with Gasteiger partial charge in [-0.2, -0.15) is 0 Å². The molecule has 1 aromatic carbocycles. The van der Waals surface area contributed by atoms with Gasteiger partial charge in [0.15, 0.2) is 0 Å². The van der Waals surface area contributed by atoms with Crippen molar-refractivity contribution in [2.75, 3.05) is 0 Å². The molecule has 2 rings (SSSR count). The molecule has 0 spiro atoms. The van der Waals surface area contributed by atoms with Crippen molar-refractivity contribution in [3.8, 4) is 0 Å². The van der Waals surface area contributed by atoms with E-state index in [1.54, 1.807) is 6.07 Å². The summed E-state index contributed by atoms with van der Waals surface area (Å²) in [6, 6.07) is 5.04. The topological polar surface area (TPSA) is 15.8 Å². The van der Waals surface area contributed by atoms with Gasteiger partial charge in [-0.3, -0.25) is 0 Å². The summed E-state index contributed by atoms with van der Waals surface area (Å²) in [6.07, 6.45) is 0. The number of fused-ring (bicyclic) bond motifs is 1. The van der Waals surface area contributed by atoms with Crippen molar-refractivity contribution in [1.82, 2.24) is 4.98 Å². The maximum atomic E-state index is 12.9. The van der Waals surface area contributed by atoms with E-state index in [0.29, 0.717) is 0 Å². The molecule has 1 N–H and O–H groups in total. The Kier molecular flexibility index (Phi) is 1.43. The third-order valence-electron chi connectivity index (χ3n) is 2.02. The minimum atomic E-state index is -0.168. The third-order valence-corrected chi connectivity index (χ3v) is 2.02. The SMILES string of the molecule is Cc1cc2cc(F)cc(C)c2[nH]1. The number of nitrogens with one attached hydrogen (secondary N) is 1. The van der Waals surface area contributed by atoms with Crippen LogP contribution in [-0.4, -0.2) is 4.98 Å². The number of hydrogen-bond acceptors (Lipinski definition) is 0. The van der Waals surface area contributed by atoms with Crippen LogP contribution in [0.1, 0.15) is 11.3 Å². The summed E-state index contributed by atoms with van der Waals surface area (Å²) in [6.45, 7) is 3.87. The monoisotopic (exact) mass is 163 g/mol. The van der Waals surface area contributed by atoms with E-state index < -0.39 is 0 Å². The number of H-pyrrole nitrogens is 1. The number of hydrogen-bond donors (Lipinski definition) is 1. The molecule has 62 valence electrons. The molecule has 0 fully saturated rings. The van der Waals surface area contributed by atoms with Crippen LogP contribution in [0.15, 0.2) is 18.2 Å². The summed E-state index contributed by atoms with van der Waals surface area (Å²) in [5, 5.41) is 0.949. The number of rotatable bonds is 0. The van der Waals surface area contributed by atoms with Gasteiger partial charge in [0.25, 0.3) is 0 Å². The zero-order valence-corrected chi connectivity index (χ0v) is 7.11. The number of aromatic amines is 1. The van der Waals surface area contributed by atoms with E-state index >= 15 is 0 Å². The normalized spacial score (nSPS) is 10.9. The van der Waals surface area contributed by atoms with Gasteiger partial charge in [-0.05, 0) is 37.6 Å². The smallest absolute Gasteiger partial charge is 0.124 e. The Hall–Kier alpha value is -1.31. The molecule has 0 amide bonds. The minimum absolute atomic E-state index is 0.168. The molecule has 0 saturated heterocycles. The maximum Gasteiger partial charge on any atom is 0.124 e. The van der Waals surface area contributed by atoms with Crippen molar-refractivity contribution in [2.45, 2.75) is 13.8 Å². The highest BCUT2D eigenvalue weighted by Gasteiger charge is 2.02. The first-order chi connectivity index (χ1) is 5.66. The van der Waals surface area contributed by atoms with Gasteiger partial charge in [0.1, 0.15) is 5.82 Å². The Morgan fingerprint density at radius 2 is 1.92 bits per heavy atom. The van der Waals surface area contributed by atoms with Gasteiger partial charge in [-0.15, -0.1) is 0 Å². The summed E-state index contributed by atoms with van der Waals surface area (Å²) in [4.78, 5) is 3.19. The third kappa shape index (κ3) is 0.998. The Bertz CT molecular complexity index is 429. The van der Waals surface area contributed by atoms with Gasteiger partial charge in [0.05, 0.1) is 0 Å². The summed E-state index contributed by atoms with van der Waals surface area (Å²) in [5.41, 5.74) is 3.06. The zero-order valence-electron chi connectivity index (χ0n) is 7.11. The Morgan fingerprint density at radius 3 is 2.67 bits per heavy atom. The average molecular weight is 163 g/mol. The fraction of sp³-hybridized carbons (Fsp3) is 0.200. The molecule has 1 heterocycles. The van der Waals surface area contributed by atoms with Gasteiger partial charge in [-0.1, -0.05) is 0 Å². The molecular weight excluding hydrogens is 153 g/mol. The summed E-state index contributed by atoms with van der Waals surface area (Å²) in [7, 11) is 0. The second-order valence-corrected chi connectivity index (χ2v) is 3.14. The fourth-order valence-corrected chi connectivity index (χ4v) is 1.52. The molecule has 0 aliphatic carbocycles. The van der Waals surface area contributed by atoms with Gasteiger partial charge < -0.3 is 4.98 Å². The summed E-state index contributed by atoms with van der Waals surface area (Å²) >= 11 is 0. The number of aromatic nitrogens is 1. The molecule has 0 aliphatic rings. The first-order valence-electron chi connectivity index (χ1n) is 3.92. The highest BCUT2D eigenvalue weighted by Crippen LogP contribution is 2.20. The van der Waals surface area contributed by atoms with E-state index in [0.717, 1.165) is 22.2 Å². The van der Waals surface area contributed by atoms with E-state index in [1.807, 2.05) is 19.9 Å². The highest BCUT2D eigenvalue weighted by atomic mass is 19.1. The van der Waals surface area contributed by atoms with Gasteiger partial charge in [-0.25, -0.2) is 4.39 Å². The van der Waals surface area contributed by atoms with Crippen LogP contribution >= 0.6 is 0 Å². The summed E-state index contributed by atoms with van der Waals surface area (Å²) < 4.78 is 12.9. The molecular formula is C10H10FN. The van der Waals surface area contributed by atoms with Crippen molar-refractivity contribution in [3.63, 3.8) is 0 Å². The van der Waals surface area contributed by atoms with Crippen molar-refractivity contribution in [2.24, 2.45) is 0 Å². The number of halogens is 1. The molecule has 0 saturated carbocycles. The van der Waals surface area contributed by atoms with E-state index in [-0.39, 0.29) is 5.82 Å². The lowest BCUT2D eigenvalue weighted by molar-refractivity contribution is 0.628. The van der Waals surface area contributed by atoms with Crippen molar-refractivity contribution in [1.29, 1.82) is 0 Å². The number of benzene rings is 1. The van der Waals surface area contributed by atoms with E-state index in [2.05, 4.69) is 4.98 Å². The lowest BCUT2D eigenvalue weighted by Crippen LogP contribution is -1.79.